The van der Waals surface area contributed by atoms with Gasteiger partial charge in [-0.25, -0.2) is 0 Å². The van der Waals surface area contributed by atoms with Gasteiger partial charge in [0.25, 0.3) is 0 Å². The first-order valence-corrected chi connectivity index (χ1v) is 4.52. The van der Waals surface area contributed by atoms with Gasteiger partial charge in [-0.15, -0.1) is 0 Å². The zero-order valence-corrected chi connectivity index (χ0v) is 7.84. The Morgan fingerprint density at radius 2 is 1.93 bits per heavy atom. The van der Waals surface area contributed by atoms with Crippen molar-refractivity contribution in [2.24, 2.45) is 0 Å². The lowest BCUT2D eigenvalue weighted by molar-refractivity contribution is 0.134. The molecule has 2 nitrogen and oxygen atoms in total. The fraction of sp³-hybridized carbons (Fsp3) is 0.0833. The molecule has 0 spiro atoms. The van der Waals surface area contributed by atoms with Gasteiger partial charge in [0.1, 0.15) is 5.75 Å². The Morgan fingerprint density at radius 1 is 1.14 bits per heavy atom. The molecule has 1 unspecified atom stereocenters. The second-order valence-electron chi connectivity index (χ2n) is 3.06. The summed E-state index contributed by atoms with van der Waals surface area (Å²) in [5, 5.41) is 0. The van der Waals surface area contributed by atoms with Gasteiger partial charge in [-0.3, -0.25) is 0 Å². The molecule has 2 rings (SSSR count). The molecule has 1 aromatic rings. The normalized spacial score (nSPS) is 19.8. The molecule has 0 bridgehead atoms. The summed E-state index contributed by atoms with van der Waals surface area (Å²) in [6.45, 7) is 0. The molecule has 0 saturated heterocycles. The van der Waals surface area contributed by atoms with Gasteiger partial charge in [0.05, 0.1) is 0 Å². The first kappa shape index (κ1) is 8.88. The Hall–Kier alpha value is -1.70. The number of para-hydroxylation sites is 1. The van der Waals surface area contributed by atoms with E-state index in [2.05, 4.69) is 7.05 Å². The highest BCUT2D eigenvalue weighted by Crippen LogP contribution is 2.15. The molecule has 2 heteroatoms. The fourth-order valence-electron chi connectivity index (χ4n) is 1.26. The maximum atomic E-state index is 5.69. The van der Waals surface area contributed by atoms with Crippen molar-refractivity contribution in [2.45, 2.75) is 6.23 Å². The van der Waals surface area contributed by atoms with E-state index in [9.17, 15) is 0 Å². The quantitative estimate of drug-likeness (QED) is 0.703. The summed E-state index contributed by atoms with van der Waals surface area (Å²) in [5.74, 6) is 0.853. The Morgan fingerprint density at radius 3 is 2.64 bits per heavy atom. The molecule has 1 heterocycles. The monoisotopic (exact) mass is 186 g/mol. The van der Waals surface area contributed by atoms with E-state index in [4.69, 9.17) is 4.74 Å². The summed E-state index contributed by atoms with van der Waals surface area (Å²) in [5.41, 5.74) is 0. The van der Waals surface area contributed by atoms with Gasteiger partial charge in [0.15, 0.2) is 6.23 Å². The Balaban J connectivity index is 2.05. The van der Waals surface area contributed by atoms with Gasteiger partial charge in [0.2, 0.25) is 0 Å². The molecule has 0 fully saturated rings. The number of nitrogens with zero attached hydrogens (tertiary/aromatic N) is 1. The van der Waals surface area contributed by atoms with Gasteiger partial charge < -0.3 is 9.64 Å². The standard InChI is InChI=1S/C12H12NO/c1-13-10-6-5-9-12(13)14-11-7-3-2-4-8-11/h2-10,12H,1H2. The Bertz CT molecular complexity index is 343. The Kier molecular flexibility index (Phi) is 2.54. The van der Waals surface area contributed by atoms with Crippen LogP contribution in [0.1, 0.15) is 0 Å². The van der Waals surface area contributed by atoms with Crippen molar-refractivity contribution in [1.29, 1.82) is 0 Å². The summed E-state index contributed by atoms with van der Waals surface area (Å²) in [6, 6.07) is 9.72. The van der Waals surface area contributed by atoms with Crippen LogP contribution < -0.4 is 4.74 Å². The van der Waals surface area contributed by atoms with Gasteiger partial charge in [0, 0.05) is 13.2 Å². The van der Waals surface area contributed by atoms with E-state index in [0.717, 1.165) is 5.75 Å². The van der Waals surface area contributed by atoms with Crippen LogP contribution in [-0.4, -0.2) is 11.1 Å². The van der Waals surface area contributed by atoms with Gasteiger partial charge >= 0.3 is 0 Å². The molecule has 1 aromatic carbocycles. The zero-order chi connectivity index (χ0) is 9.80. The van der Waals surface area contributed by atoms with Crippen LogP contribution in [0.2, 0.25) is 0 Å². The maximum absolute atomic E-state index is 5.69. The van der Waals surface area contributed by atoms with Crippen LogP contribution in [0.3, 0.4) is 0 Å². The molecule has 71 valence electrons. The van der Waals surface area contributed by atoms with Crippen molar-refractivity contribution >= 4 is 0 Å². The first-order valence-electron chi connectivity index (χ1n) is 4.52. The minimum absolute atomic E-state index is 0.109. The molecule has 1 aliphatic heterocycles. The average Bonchev–Trinajstić information content (AvgIpc) is 2.23. The third-order valence-electron chi connectivity index (χ3n) is 1.99. The largest absolute Gasteiger partial charge is 0.467 e. The van der Waals surface area contributed by atoms with Crippen LogP contribution in [0.25, 0.3) is 0 Å². The lowest BCUT2D eigenvalue weighted by Crippen LogP contribution is -2.30. The molecular formula is C12H12NO. The highest BCUT2D eigenvalue weighted by molar-refractivity contribution is 5.23. The van der Waals surface area contributed by atoms with Crippen LogP contribution >= 0.6 is 0 Å². The third kappa shape index (κ3) is 1.96. The van der Waals surface area contributed by atoms with Crippen LogP contribution in [-0.2, 0) is 0 Å². The van der Waals surface area contributed by atoms with E-state index in [1.165, 1.54) is 0 Å². The van der Waals surface area contributed by atoms with E-state index in [1.807, 2.05) is 54.8 Å². The molecule has 1 atom stereocenters. The number of benzene rings is 1. The summed E-state index contributed by atoms with van der Waals surface area (Å²) in [6.07, 6.45) is 7.61. The predicted octanol–water partition coefficient (Wildman–Crippen LogP) is 2.57. The minimum atomic E-state index is -0.109. The smallest absolute Gasteiger partial charge is 0.191 e. The number of allylic oxidation sites excluding steroid dienone is 2. The van der Waals surface area contributed by atoms with Crippen LogP contribution in [0.15, 0.2) is 54.8 Å². The highest BCUT2D eigenvalue weighted by atomic mass is 16.5. The molecule has 0 aromatic heterocycles. The SMILES string of the molecule is [CH2]N1C=CC=CC1Oc1ccccc1. The van der Waals surface area contributed by atoms with Crippen LogP contribution in [0, 0.1) is 7.05 Å². The van der Waals surface area contributed by atoms with E-state index in [-0.39, 0.29) is 6.23 Å². The second kappa shape index (κ2) is 4.01. The summed E-state index contributed by atoms with van der Waals surface area (Å²) in [4.78, 5) is 1.77. The molecular weight excluding hydrogens is 174 g/mol. The topological polar surface area (TPSA) is 12.5 Å². The highest BCUT2D eigenvalue weighted by Gasteiger charge is 2.11. The number of hydrogen-bond acceptors (Lipinski definition) is 2. The van der Waals surface area contributed by atoms with E-state index < -0.39 is 0 Å². The summed E-state index contributed by atoms with van der Waals surface area (Å²) < 4.78 is 5.69. The van der Waals surface area contributed by atoms with Crippen LogP contribution in [0.5, 0.6) is 5.75 Å². The fourth-order valence-corrected chi connectivity index (χ4v) is 1.26. The maximum Gasteiger partial charge on any atom is 0.191 e. The molecule has 1 aliphatic rings. The molecule has 1 radical (unpaired) electrons. The Labute approximate surface area is 84.1 Å². The summed E-state index contributed by atoms with van der Waals surface area (Å²) in [7, 11) is 3.85. The average molecular weight is 186 g/mol. The van der Waals surface area contributed by atoms with Crippen molar-refractivity contribution in [1.82, 2.24) is 4.90 Å². The van der Waals surface area contributed by atoms with Crippen molar-refractivity contribution in [3.8, 4) is 5.75 Å². The molecule has 14 heavy (non-hydrogen) atoms. The zero-order valence-electron chi connectivity index (χ0n) is 7.84. The predicted molar refractivity (Wildman–Crippen MR) is 56.3 cm³/mol. The van der Waals surface area contributed by atoms with Gasteiger partial charge in [-0.05, 0) is 24.3 Å². The first-order chi connectivity index (χ1) is 6.86. The van der Waals surface area contributed by atoms with Crippen molar-refractivity contribution in [3.63, 3.8) is 0 Å². The van der Waals surface area contributed by atoms with E-state index in [0.29, 0.717) is 0 Å². The molecule has 0 N–H and O–H groups in total. The molecule has 0 aliphatic carbocycles. The lowest BCUT2D eigenvalue weighted by atomic mass is 10.3. The second-order valence-corrected chi connectivity index (χ2v) is 3.06. The van der Waals surface area contributed by atoms with Crippen LogP contribution in [0.4, 0.5) is 0 Å². The van der Waals surface area contributed by atoms with Crippen molar-refractivity contribution < 1.29 is 4.74 Å². The van der Waals surface area contributed by atoms with Crippen molar-refractivity contribution in [3.05, 3.63) is 61.8 Å². The number of hydrogen-bond donors (Lipinski definition) is 0. The minimum Gasteiger partial charge on any atom is -0.467 e. The molecule has 0 amide bonds. The van der Waals surface area contributed by atoms with Crippen molar-refractivity contribution in [2.75, 3.05) is 0 Å². The third-order valence-corrected chi connectivity index (χ3v) is 1.99. The van der Waals surface area contributed by atoms with Gasteiger partial charge in [-0.2, -0.15) is 0 Å². The number of rotatable bonds is 2. The number of ether oxygens (including phenoxy) is 1. The van der Waals surface area contributed by atoms with Gasteiger partial charge in [-0.1, -0.05) is 24.3 Å². The lowest BCUT2D eigenvalue weighted by Gasteiger charge is -2.26. The molecule has 0 saturated carbocycles. The van der Waals surface area contributed by atoms with E-state index >= 15 is 0 Å². The summed E-state index contributed by atoms with van der Waals surface area (Å²) >= 11 is 0. The van der Waals surface area contributed by atoms with E-state index in [1.54, 1.807) is 4.90 Å².